The first-order valence-corrected chi connectivity index (χ1v) is 9.29. The summed E-state index contributed by atoms with van der Waals surface area (Å²) in [5.74, 6) is 0. The molecule has 1 saturated heterocycles. The molecule has 0 amide bonds. The molecule has 0 aliphatic carbocycles. The smallest absolute Gasteiger partial charge is 0.399 e. The Kier molecular flexibility index (Phi) is 5.28. The molecule has 0 spiro atoms. The highest BCUT2D eigenvalue weighted by Crippen LogP contribution is 2.37. The van der Waals surface area contributed by atoms with Crippen LogP contribution in [0.1, 0.15) is 33.3 Å². The van der Waals surface area contributed by atoms with Crippen LogP contribution in [0.5, 0.6) is 0 Å². The summed E-state index contributed by atoms with van der Waals surface area (Å²) in [5.41, 5.74) is 4.60. The number of rotatable bonds is 5. The van der Waals surface area contributed by atoms with Gasteiger partial charge in [-0.15, -0.1) is 0 Å². The van der Waals surface area contributed by atoms with Gasteiger partial charge in [-0.05, 0) is 61.5 Å². The van der Waals surface area contributed by atoms with E-state index in [1.54, 1.807) is 6.08 Å². The molecule has 27 heavy (non-hydrogen) atoms. The van der Waals surface area contributed by atoms with Gasteiger partial charge in [0, 0.05) is 0 Å². The van der Waals surface area contributed by atoms with Crippen molar-refractivity contribution in [1.82, 2.24) is 0 Å². The van der Waals surface area contributed by atoms with Gasteiger partial charge in [0.2, 0.25) is 0 Å². The van der Waals surface area contributed by atoms with E-state index in [2.05, 4.69) is 71.2 Å². The molecule has 0 bridgehead atoms. The molecule has 138 valence electrons. The van der Waals surface area contributed by atoms with Gasteiger partial charge in [0.15, 0.2) is 0 Å². The van der Waals surface area contributed by atoms with Crippen molar-refractivity contribution in [3.05, 3.63) is 85.5 Å². The SMILES string of the molecule is C=C/C=C(\C=C)c1cc(B2OC(C)(C)C(C)(C)O2)cc(-c2ccccc2)c1. The highest BCUT2D eigenvalue weighted by molar-refractivity contribution is 6.62. The van der Waals surface area contributed by atoms with Crippen LogP contribution in [-0.4, -0.2) is 18.3 Å². The monoisotopic (exact) mass is 358 g/mol. The topological polar surface area (TPSA) is 18.5 Å². The predicted molar refractivity (Wildman–Crippen MR) is 116 cm³/mol. The molecule has 1 fully saturated rings. The number of hydrogen-bond acceptors (Lipinski definition) is 2. The Labute approximate surface area is 163 Å². The Balaban J connectivity index is 2.13. The zero-order valence-corrected chi connectivity index (χ0v) is 16.7. The van der Waals surface area contributed by atoms with Crippen LogP contribution in [0, 0.1) is 0 Å². The van der Waals surface area contributed by atoms with Crippen LogP contribution in [-0.2, 0) is 9.31 Å². The molecule has 1 aliphatic rings. The Bertz CT molecular complexity index is 863. The van der Waals surface area contributed by atoms with Crippen molar-refractivity contribution in [3.8, 4) is 11.1 Å². The fourth-order valence-corrected chi connectivity index (χ4v) is 3.14. The normalized spacial score (nSPS) is 18.4. The largest absolute Gasteiger partial charge is 0.494 e. The van der Waals surface area contributed by atoms with Crippen molar-refractivity contribution in [3.63, 3.8) is 0 Å². The lowest BCUT2D eigenvalue weighted by Crippen LogP contribution is -2.41. The van der Waals surface area contributed by atoms with Gasteiger partial charge in [0.25, 0.3) is 0 Å². The predicted octanol–water partition coefficient (Wildman–Crippen LogP) is 5.41. The minimum atomic E-state index is -0.410. The average Bonchev–Trinajstić information content (AvgIpc) is 2.87. The average molecular weight is 358 g/mol. The van der Waals surface area contributed by atoms with Crippen LogP contribution in [0.25, 0.3) is 16.7 Å². The highest BCUT2D eigenvalue weighted by atomic mass is 16.7. The molecule has 0 aromatic heterocycles. The standard InChI is InChI=1S/C24H27BO2/c1-7-12-18(8-2)20-15-21(19-13-10-9-11-14-19)17-22(16-20)25-26-23(3,4)24(5,6)27-25/h7-17H,1-2H2,3-6H3/b18-12+. The fourth-order valence-electron chi connectivity index (χ4n) is 3.14. The molecule has 2 aromatic rings. The Morgan fingerprint density at radius 2 is 1.52 bits per heavy atom. The van der Waals surface area contributed by atoms with Gasteiger partial charge in [-0.3, -0.25) is 0 Å². The lowest BCUT2D eigenvalue weighted by atomic mass is 9.76. The molecule has 0 saturated carbocycles. The second-order valence-corrected chi connectivity index (χ2v) is 7.86. The van der Waals surface area contributed by atoms with Crippen molar-refractivity contribution in [2.45, 2.75) is 38.9 Å². The third kappa shape index (κ3) is 3.85. The van der Waals surface area contributed by atoms with Crippen LogP contribution < -0.4 is 5.46 Å². The quantitative estimate of drug-likeness (QED) is 0.526. The van der Waals surface area contributed by atoms with Gasteiger partial charge in [-0.2, -0.15) is 0 Å². The third-order valence-corrected chi connectivity index (χ3v) is 5.44. The maximum absolute atomic E-state index is 6.28. The lowest BCUT2D eigenvalue weighted by Gasteiger charge is -2.32. The molecule has 1 heterocycles. The second kappa shape index (κ2) is 7.34. The lowest BCUT2D eigenvalue weighted by molar-refractivity contribution is 0.00578. The van der Waals surface area contributed by atoms with E-state index in [-0.39, 0.29) is 11.2 Å². The van der Waals surface area contributed by atoms with Crippen molar-refractivity contribution >= 4 is 18.2 Å². The molecule has 2 nitrogen and oxygen atoms in total. The first-order valence-electron chi connectivity index (χ1n) is 9.29. The van der Waals surface area contributed by atoms with Crippen LogP contribution in [0.4, 0.5) is 0 Å². The van der Waals surface area contributed by atoms with Gasteiger partial charge in [0.05, 0.1) is 11.2 Å². The minimum Gasteiger partial charge on any atom is -0.399 e. The maximum Gasteiger partial charge on any atom is 0.494 e. The van der Waals surface area contributed by atoms with Crippen LogP contribution in [0.3, 0.4) is 0 Å². The van der Waals surface area contributed by atoms with Crippen molar-refractivity contribution in [1.29, 1.82) is 0 Å². The molecular formula is C24H27BO2. The molecule has 1 aliphatic heterocycles. The number of benzene rings is 2. The first-order chi connectivity index (χ1) is 12.8. The molecule has 3 rings (SSSR count). The second-order valence-electron chi connectivity index (χ2n) is 7.86. The molecule has 0 atom stereocenters. The van der Waals surface area contributed by atoms with E-state index >= 15 is 0 Å². The van der Waals surface area contributed by atoms with E-state index in [0.29, 0.717) is 0 Å². The minimum absolute atomic E-state index is 0.376. The van der Waals surface area contributed by atoms with Gasteiger partial charge < -0.3 is 9.31 Å². The molecular weight excluding hydrogens is 331 g/mol. The summed E-state index contributed by atoms with van der Waals surface area (Å²) in [6, 6.07) is 16.8. The molecule has 0 N–H and O–H groups in total. The number of allylic oxidation sites excluding steroid dienone is 4. The Morgan fingerprint density at radius 1 is 0.889 bits per heavy atom. The van der Waals surface area contributed by atoms with Crippen LogP contribution >= 0.6 is 0 Å². The summed E-state index contributed by atoms with van der Waals surface area (Å²) < 4.78 is 12.6. The first kappa shape index (κ1) is 19.4. The van der Waals surface area contributed by atoms with E-state index in [0.717, 1.165) is 27.7 Å². The maximum atomic E-state index is 6.28. The van der Waals surface area contributed by atoms with Gasteiger partial charge in [0.1, 0.15) is 0 Å². The molecule has 2 aromatic carbocycles. The zero-order valence-electron chi connectivity index (χ0n) is 16.7. The van der Waals surface area contributed by atoms with Gasteiger partial charge in [-0.1, -0.05) is 73.9 Å². The van der Waals surface area contributed by atoms with E-state index < -0.39 is 7.12 Å². The summed E-state index contributed by atoms with van der Waals surface area (Å²) in [5, 5.41) is 0. The van der Waals surface area contributed by atoms with Crippen molar-refractivity contribution < 1.29 is 9.31 Å². The summed E-state index contributed by atoms with van der Waals surface area (Å²) in [6.07, 6.45) is 5.59. The highest BCUT2D eigenvalue weighted by Gasteiger charge is 2.51. The summed E-state index contributed by atoms with van der Waals surface area (Å²) in [6.45, 7) is 16.1. The van der Waals surface area contributed by atoms with Crippen LogP contribution in [0.2, 0.25) is 0 Å². The summed E-state index contributed by atoms with van der Waals surface area (Å²) in [7, 11) is -0.410. The van der Waals surface area contributed by atoms with E-state index in [1.165, 1.54) is 0 Å². The molecule has 3 heteroatoms. The molecule has 0 radical (unpaired) electrons. The van der Waals surface area contributed by atoms with Crippen LogP contribution in [0.15, 0.2) is 79.9 Å². The van der Waals surface area contributed by atoms with Crippen molar-refractivity contribution in [2.24, 2.45) is 0 Å². The van der Waals surface area contributed by atoms with E-state index in [1.807, 2.05) is 30.4 Å². The van der Waals surface area contributed by atoms with Crippen molar-refractivity contribution in [2.75, 3.05) is 0 Å². The Hall–Kier alpha value is -2.36. The zero-order chi connectivity index (χ0) is 19.7. The third-order valence-electron chi connectivity index (χ3n) is 5.44. The van der Waals surface area contributed by atoms with Gasteiger partial charge >= 0.3 is 7.12 Å². The van der Waals surface area contributed by atoms with E-state index in [4.69, 9.17) is 9.31 Å². The van der Waals surface area contributed by atoms with E-state index in [9.17, 15) is 0 Å². The van der Waals surface area contributed by atoms with Gasteiger partial charge in [-0.25, -0.2) is 0 Å². The number of hydrogen-bond donors (Lipinski definition) is 0. The molecule has 0 unspecified atom stereocenters. The summed E-state index contributed by atoms with van der Waals surface area (Å²) >= 11 is 0. The Morgan fingerprint density at radius 3 is 2.07 bits per heavy atom. The summed E-state index contributed by atoms with van der Waals surface area (Å²) in [4.78, 5) is 0. The fraction of sp³-hybridized carbons (Fsp3) is 0.250.